The zero-order valence-electron chi connectivity index (χ0n) is 11.2. The van der Waals surface area contributed by atoms with E-state index in [9.17, 15) is 8.78 Å². The number of aromatic nitrogens is 2. The predicted octanol–water partition coefficient (Wildman–Crippen LogP) is 4.63. The number of halogens is 2. The fraction of sp³-hybridized carbons (Fsp3) is 0.214. The Morgan fingerprint density at radius 3 is 2.81 bits per heavy atom. The second-order valence-corrected chi connectivity index (χ2v) is 6.39. The minimum Gasteiger partial charge on any atom is -0.379 e. The minimum atomic E-state index is -2.38. The molecule has 0 aliphatic carbocycles. The number of benzene rings is 1. The van der Waals surface area contributed by atoms with Crippen LogP contribution in [-0.4, -0.2) is 15.1 Å². The lowest BCUT2D eigenvalue weighted by atomic mass is 10.3. The van der Waals surface area contributed by atoms with E-state index in [2.05, 4.69) is 14.7 Å². The van der Waals surface area contributed by atoms with Crippen molar-refractivity contribution in [2.45, 2.75) is 24.1 Å². The largest absolute Gasteiger partial charge is 0.379 e. The Morgan fingerprint density at radius 1 is 1.33 bits per heavy atom. The first kappa shape index (κ1) is 14.3. The van der Waals surface area contributed by atoms with Crippen LogP contribution >= 0.6 is 23.1 Å². The van der Waals surface area contributed by atoms with E-state index in [1.54, 1.807) is 23.5 Å². The number of alkyl halides is 2. The molecular weight excluding hydrogens is 312 g/mol. The molecule has 2 heterocycles. The molecule has 0 atom stereocenters. The van der Waals surface area contributed by atoms with Crippen molar-refractivity contribution >= 4 is 33.7 Å². The molecule has 0 spiro atoms. The summed E-state index contributed by atoms with van der Waals surface area (Å²) in [4.78, 5) is 6.03. The number of imidazole rings is 1. The summed E-state index contributed by atoms with van der Waals surface area (Å²) in [5.74, 6) is -2.38. The molecule has 2 aromatic heterocycles. The topological polar surface area (TPSA) is 29.3 Å². The number of aryl methyl sites for hydroxylation is 1. The first-order valence-corrected chi connectivity index (χ1v) is 8.09. The molecule has 3 nitrogen and oxygen atoms in total. The van der Waals surface area contributed by atoms with Crippen LogP contribution in [0.25, 0.3) is 4.96 Å². The molecule has 0 aliphatic rings. The molecule has 0 bridgehead atoms. The van der Waals surface area contributed by atoms with Crippen LogP contribution in [0.3, 0.4) is 0 Å². The summed E-state index contributed by atoms with van der Waals surface area (Å²) in [5.41, 5.74) is 3.01. The van der Waals surface area contributed by atoms with Crippen molar-refractivity contribution in [3.05, 3.63) is 47.2 Å². The van der Waals surface area contributed by atoms with Crippen LogP contribution in [0, 0.1) is 6.92 Å². The number of fused-ring (bicyclic) bond motifs is 1. The summed E-state index contributed by atoms with van der Waals surface area (Å²) in [5, 5.41) is 5.30. The van der Waals surface area contributed by atoms with E-state index in [4.69, 9.17) is 0 Å². The number of hydrogen-bond donors (Lipinski definition) is 1. The quantitative estimate of drug-likeness (QED) is 0.694. The molecule has 1 N–H and O–H groups in total. The second kappa shape index (κ2) is 6.03. The third-order valence-electron chi connectivity index (χ3n) is 3.10. The van der Waals surface area contributed by atoms with Crippen molar-refractivity contribution < 1.29 is 8.78 Å². The van der Waals surface area contributed by atoms with Crippen molar-refractivity contribution in [1.82, 2.24) is 9.38 Å². The Balaban J connectivity index is 1.70. The van der Waals surface area contributed by atoms with E-state index in [0.717, 1.165) is 22.0 Å². The van der Waals surface area contributed by atoms with Gasteiger partial charge in [-0.25, -0.2) is 4.98 Å². The summed E-state index contributed by atoms with van der Waals surface area (Å²) in [6, 6.07) is 7.02. The summed E-state index contributed by atoms with van der Waals surface area (Å²) < 4.78 is 26.6. The van der Waals surface area contributed by atoms with Gasteiger partial charge in [0.15, 0.2) is 4.96 Å². The minimum absolute atomic E-state index is 0.555. The van der Waals surface area contributed by atoms with E-state index in [1.165, 1.54) is 0 Å². The van der Waals surface area contributed by atoms with Gasteiger partial charge in [-0.3, -0.25) is 4.40 Å². The zero-order valence-corrected chi connectivity index (χ0v) is 12.8. The Kier molecular flexibility index (Phi) is 4.12. The Bertz CT molecular complexity index is 734. The second-order valence-electron chi connectivity index (χ2n) is 4.46. The summed E-state index contributed by atoms with van der Waals surface area (Å²) in [6.45, 7) is 2.63. The van der Waals surface area contributed by atoms with Crippen LogP contribution in [0.5, 0.6) is 0 Å². The molecule has 110 valence electrons. The third-order valence-corrected chi connectivity index (χ3v) is 4.58. The maximum absolute atomic E-state index is 12.3. The highest BCUT2D eigenvalue weighted by Gasteiger charge is 2.09. The monoisotopic (exact) mass is 325 g/mol. The fourth-order valence-corrected chi connectivity index (χ4v) is 3.37. The fourth-order valence-electron chi connectivity index (χ4n) is 2.09. The number of anilines is 1. The van der Waals surface area contributed by atoms with Gasteiger partial charge in [-0.2, -0.15) is 8.78 Å². The van der Waals surface area contributed by atoms with Crippen LogP contribution in [0.4, 0.5) is 14.5 Å². The van der Waals surface area contributed by atoms with Crippen molar-refractivity contribution in [3.63, 3.8) is 0 Å². The predicted molar refractivity (Wildman–Crippen MR) is 83.4 cm³/mol. The summed E-state index contributed by atoms with van der Waals surface area (Å²) >= 11 is 2.16. The summed E-state index contributed by atoms with van der Waals surface area (Å²) in [6.07, 6.45) is 2.00. The van der Waals surface area contributed by atoms with Crippen LogP contribution in [-0.2, 0) is 6.54 Å². The van der Waals surface area contributed by atoms with Crippen molar-refractivity contribution in [3.8, 4) is 0 Å². The lowest BCUT2D eigenvalue weighted by Crippen LogP contribution is -2.03. The van der Waals surface area contributed by atoms with Crippen LogP contribution < -0.4 is 5.32 Å². The van der Waals surface area contributed by atoms with Gasteiger partial charge in [0, 0.05) is 22.2 Å². The number of nitrogens with zero attached hydrogens (tertiary/aromatic N) is 2. The molecule has 0 unspecified atom stereocenters. The van der Waals surface area contributed by atoms with E-state index in [-0.39, 0.29) is 0 Å². The SMILES string of the molecule is Cc1nc2sccn2c1CNc1ccc(SC(F)F)cc1. The van der Waals surface area contributed by atoms with E-state index in [1.807, 2.05) is 30.6 Å². The highest BCUT2D eigenvalue weighted by atomic mass is 32.2. The third kappa shape index (κ3) is 3.19. The molecule has 0 aliphatic heterocycles. The highest BCUT2D eigenvalue weighted by molar-refractivity contribution is 7.99. The number of hydrogen-bond acceptors (Lipinski definition) is 4. The van der Waals surface area contributed by atoms with Gasteiger partial charge in [0.2, 0.25) is 0 Å². The van der Waals surface area contributed by atoms with Gasteiger partial charge in [-0.1, -0.05) is 11.8 Å². The molecule has 0 saturated carbocycles. The van der Waals surface area contributed by atoms with Gasteiger partial charge in [-0.15, -0.1) is 11.3 Å². The Labute approximate surface area is 129 Å². The lowest BCUT2D eigenvalue weighted by Gasteiger charge is -2.07. The molecule has 3 rings (SSSR count). The average Bonchev–Trinajstić information content (AvgIpc) is 2.98. The molecule has 7 heteroatoms. The van der Waals surface area contributed by atoms with Crippen LogP contribution in [0.1, 0.15) is 11.4 Å². The van der Waals surface area contributed by atoms with Gasteiger partial charge in [-0.05, 0) is 31.2 Å². The Hall–Kier alpha value is -1.60. The maximum Gasteiger partial charge on any atom is 0.288 e. The normalized spacial score (nSPS) is 11.4. The molecule has 0 amide bonds. The molecule has 0 fully saturated rings. The van der Waals surface area contributed by atoms with Crippen molar-refractivity contribution in [1.29, 1.82) is 0 Å². The van der Waals surface area contributed by atoms with Crippen LogP contribution in [0.15, 0.2) is 40.7 Å². The molecular formula is C14H13F2N3S2. The number of rotatable bonds is 5. The first-order valence-electron chi connectivity index (χ1n) is 6.33. The average molecular weight is 325 g/mol. The smallest absolute Gasteiger partial charge is 0.288 e. The molecule has 0 saturated heterocycles. The van der Waals surface area contributed by atoms with Crippen molar-refractivity contribution in [2.75, 3.05) is 5.32 Å². The number of thioether (sulfide) groups is 1. The zero-order chi connectivity index (χ0) is 14.8. The van der Waals surface area contributed by atoms with Crippen LogP contribution in [0.2, 0.25) is 0 Å². The standard InChI is InChI=1S/C14H13F2N3S2/c1-9-12(19-6-7-20-14(19)18-9)8-17-10-2-4-11(5-3-10)21-13(15)16/h2-7,13,17H,8H2,1H3. The van der Waals surface area contributed by atoms with E-state index in [0.29, 0.717) is 23.2 Å². The van der Waals surface area contributed by atoms with E-state index < -0.39 is 5.76 Å². The van der Waals surface area contributed by atoms with E-state index >= 15 is 0 Å². The molecule has 0 radical (unpaired) electrons. The van der Waals surface area contributed by atoms with Gasteiger partial charge >= 0.3 is 0 Å². The van der Waals surface area contributed by atoms with Gasteiger partial charge in [0.25, 0.3) is 5.76 Å². The summed E-state index contributed by atoms with van der Waals surface area (Å²) in [7, 11) is 0. The first-order chi connectivity index (χ1) is 10.1. The molecule has 21 heavy (non-hydrogen) atoms. The molecule has 3 aromatic rings. The van der Waals surface area contributed by atoms with Gasteiger partial charge in [0.1, 0.15) is 0 Å². The Morgan fingerprint density at radius 2 is 2.10 bits per heavy atom. The van der Waals surface area contributed by atoms with Gasteiger partial charge in [0.05, 0.1) is 17.9 Å². The lowest BCUT2D eigenvalue weighted by molar-refractivity contribution is 0.252. The molecule has 1 aromatic carbocycles. The highest BCUT2D eigenvalue weighted by Crippen LogP contribution is 2.26. The number of nitrogens with one attached hydrogen (secondary N) is 1. The number of thiazole rings is 1. The maximum atomic E-state index is 12.3. The van der Waals surface area contributed by atoms with Gasteiger partial charge < -0.3 is 5.32 Å². The van der Waals surface area contributed by atoms with Crippen molar-refractivity contribution in [2.24, 2.45) is 0 Å².